The molecule has 8 heteroatoms. The third kappa shape index (κ3) is 4.19. The molecule has 0 saturated carbocycles. The molecule has 1 aromatic heterocycles. The van der Waals surface area contributed by atoms with Crippen LogP contribution in [0.4, 0.5) is 13.2 Å². The zero-order valence-electron chi connectivity index (χ0n) is 14.1. The highest BCUT2D eigenvalue weighted by atomic mass is 19.4. The third-order valence-electron chi connectivity index (χ3n) is 3.91. The molecule has 0 spiro atoms. The first-order chi connectivity index (χ1) is 12.3. The zero-order chi connectivity index (χ0) is 18.7. The van der Waals surface area contributed by atoms with E-state index >= 15 is 0 Å². The van der Waals surface area contributed by atoms with Crippen LogP contribution in [-0.2, 0) is 10.9 Å². The number of amides is 1. The summed E-state index contributed by atoms with van der Waals surface area (Å²) in [6.45, 7) is 2.14. The standard InChI is InChI=1S/C18H18F3NO4/c1-12-9-15(16(25-12)18(19,20)21)17(23)22-7-8-24-11-14(10-22)26-13-5-3-2-4-6-13/h2-6,9,14H,7-8,10-11H2,1H3/t14-/m1/s1. The maximum Gasteiger partial charge on any atom is 0.450 e. The SMILES string of the molecule is Cc1cc(C(=O)N2CCOC[C@H](Oc3ccccc3)C2)c(C(F)(F)F)o1. The number of carbonyl (C=O) groups is 1. The molecule has 0 N–H and O–H groups in total. The number of benzene rings is 1. The number of hydrogen-bond donors (Lipinski definition) is 0. The summed E-state index contributed by atoms with van der Waals surface area (Å²) in [4.78, 5) is 14.0. The van der Waals surface area contributed by atoms with E-state index in [1.54, 1.807) is 24.3 Å². The molecule has 0 bridgehead atoms. The lowest BCUT2D eigenvalue weighted by Crippen LogP contribution is -2.40. The molecule has 0 aliphatic carbocycles. The fraction of sp³-hybridized carbons (Fsp3) is 0.389. The van der Waals surface area contributed by atoms with Crippen LogP contribution in [-0.4, -0.2) is 43.2 Å². The molecule has 1 fully saturated rings. The Balaban J connectivity index is 1.78. The lowest BCUT2D eigenvalue weighted by Gasteiger charge is -2.24. The van der Waals surface area contributed by atoms with E-state index in [-0.39, 0.29) is 32.1 Å². The molecular weight excluding hydrogens is 351 g/mol. The molecule has 1 aliphatic rings. The van der Waals surface area contributed by atoms with Crippen LogP contribution in [0, 0.1) is 6.92 Å². The number of nitrogens with zero attached hydrogens (tertiary/aromatic N) is 1. The van der Waals surface area contributed by atoms with Gasteiger partial charge in [0.15, 0.2) is 0 Å². The molecular formula is C18H18F3NO4. The van der Waals surface area contributed by atoms with Gasteiger partial charge in [0.1, 0.15) is 17.6 Å². The van der Waals surface area contributed by atoms with Crippen LogP contribution in [0.3, 0.4) is 0 Å². The molecule has 1 amide bonds. The van der Waals surface area contributed by atoms with Gasteiger partial charge in [0, 0.05) is 6.54 Å². The summed E-state index contributed by atoms with van der Waals surface area (Å²) in [7, 11) is 0. The van der Waals surface area contributed by atoms with Gasteiger partial charge in [0.05, 0.1) is 25.3 Å². The number of alkyl halides is 3. The number of ether oxygens (including phenoxy) is 2. The fourth-order valence-corrected chi connectivity index (χ4v) is 2.78. The minimum absolute atomic E-state index is 0.0313. The lowest BCUT2D eigenvalue weighted by atomic mass is 10.2. The molecule has 5 nitrogen and oxygen atoms in total. The van der Waals surface area contributed by atoms with Crippen LogP contribution >= 0.6 is 0 Å². The molecule has 1 saturated heterocycles. The first-order valence-electron chi connectivity index (χ1n) is 8.11. The first kappa shape index (κ1) is 18.3. The van der Waals surface area contributed by atoms with Crippen molar-refractivity contribution < 1.29 is 31.9 Å². The minimum Gasteiger partial charge on any atom is -0.486 e. The highest BCUT2D eigenvalue weighted by molar-refractivity contribution is 5.95. The largest absolute Gasteiger partial charge is 0.486 e. The number of rotatable bonds is 3. The Hall–Kier alpha value is -2.48. The average Bonchev–Trinajstić information content (AvgIpc) is 2.85. The van der Waals surface area contributed by atoms with Gasteiger partial charge in [-0.3, -0.25) is 4.79 Å². The van der Waals surface area contributed by atoms with Crippen molar-refractivity contribution in [1.82, 2.24) is 4.90 Å². The summed E-state index contributed by atoms with van der Waals surface area (Å²) in [5.41, 5.74) is -0.490. The van der Waals surface area contributed by atoms with Gasteiger partial charge in [-0.1, -0.05) is 18.2 Å². The Labute approximate surface area is 148 Å². The summed E-state index contributed by atoms with van der Waals surface area (Å²) in [6.07, 6.45) is -5.21. The van der Waals surface area contributed by atoms with Crippen LogP contribution in [0.5, 0.6) is 5.75 Å². The number of halogens is 3. The predicted molar refractivity (Wildman–Crippen MR) is 86.0 cm³/mol. The molecule has 1 aliphatic heterocycles. The van der Waals surface area contributed by atoms with Gasteiger partial charge in [0.25, 0.3) is 5.91 Å². The molecule has 0 unspecified atom stereocenters. The van der Waals surface area contributed by atoms with Gasteiger partial charge >= 0.3 is 6.18 Å². The lowest BCUT2D eigenvalue weighted by molar-refractivity contribution is -0.153. The molecule has 0 radical (unpaired) electrons. The highest BCUT2D eigenvalue weighted by Gasteiger charge is 2.41. The summed E-state index contributed by atoms with van der Waals surface area (Å²) < 4.78 is 55.3. The van der Waals surface area contributed by atoms with E-state index in [4.69, 9.17) is 13.9 Å². The van der Waals surface area contributed by atoms with E-state index in [2.05, 4.69) is 0 Å². The van der Waals surface area contributed by atoms with E-state index in [0.717, 1.165) is 6.07 Å². The molecule has 26 heavy (non-hydrogen) atoms. The summed E-state index contributed by atoms with van der Waals surface area (Å²) >= 11 is 0. The molecule has 140 valence electrons. The molecule has 1 atom stereocenters. The van der Waals surface area contributed by atoms with Crippen molar-refractivity contribution >= 4 is 5.91 Å². The topological polar surface area (TPSA) is 51.9 Å². The van der Waals surface area contributed by atoms with Crippen LogP contribution in [0.15, 0.2) is 40.8 Å². The van der Waals surface area contributed by atoms with E-state index in [1.807, 2.05) is 6.07 Å². The highest BCUT2D eigenvalue weighted by Crippen LogP contribution is 2.34. The maximum absolute atomic E-state index is 13.1. The predicted octanol–water partition coefficient (Wildman–Crippen LogP) is 3.53. The van der Waals surface area contributed by atoms with E-state index in [0.29, 0.717) is 5.75 Å². The average molecular weight is 369 g/mol. The minimum atomic E-state index is -4.73. The Morgan fingerprint density at radius 2 is 2.00 bits per heavy atom. The first-order valence-corrected chi connectivity index (χ1v) is 8.11. The third-order valence-corrected chi connectivity index (χ3v) is 3.91. The second-order valence-electron chi connectivity index (χ2n) is 5.98. The normalized spacial score (nSPS) is 18.5. The summed E-state index contributed by atoms with van der Waals surface area (Å²) in [6, 6.07) is 10.1. The van der Waals surface area contributed by atoms with Crippen molar-refractivity contribution in [2.24, 2.45) is 0 Å². The molecule has 2 aromatic rings. The van der Waals surface area contributed by atoms with E-state index in [9.17, 15) is 18.0 Å². The van der Waals surface area contributed by atoms with Gasteiger partial charge in [-0.2, -0.15) is 13.2 Å². The van der Waals surface area contributed by atoms with Crippen molar-refractivity contribution in [1.29, 1.82) is 0 Å². The van der Waals surface area contributed by atoms with Crippen molar-refractivity contribution in [2.75, 3.05) is 26.3 Å². The van der Waals surface area contributed by atoms with Gasteiger partial charge in [-0.05, 0) is 25.1 Å². The number of para-hydroxylation sites is 1. The van der Waals surface area contributed by atoms with Gasteiger partial charge in [0.2, 0.25) is 5.76 Å². The van der Waals surface area contributed by atoms with Crippen molar-refractivity contribution in [3.63, 3.8) is 0 Å². The zero-order valence-corrected chi connectivity index (χ0v) is 14.1. The second-order valence-corrected chi connectivity index (χ2v) is 5.98. The Morgan fingerprint density at radius 3 is 2.69 bits per heavy atom. The number of furan rings is 1. The maximum atomic E-state index is 13.1. The number of aryl methyl sites for hydroxylation is 1. The van der Waals surface area contributed by atoms with E-state index < -0.39 is 29.5 Å². The monoisotopic (exact) mass is 369 g/mol. The van der Waals surface area contributed by atoms with Crippen LogP contribution in [0.1, 0.15) is 21.9 Å². The Kier molecular flexibility index (Phi) is 5.22. The van der Waals surface area contributed by atoms with Crippen molar-refractivity contribution in [2.45, 2.75) is 19.2 Å². The van der Waals surface area contributed by atoms with Crippen LogP contribution < -0.4 is 4.74 Å². The molecule has 3 rings (SSSR count). The smallest absolute Gasteiger partial charge is 0.450 e. The Bertz CT molecular complexity index is 758. The second kappa shape index (κ2) is 7.41. The molecule has 2 heterocycles. The summed E-state index contributed by atoms with van der Waals surface area (Å²) in [5.74, 6) is -1.39. The van der Waals surface area contributed by atoms with Gasteiger partial charge in [-0.15, -0.1) is 0 Å². The number of hydrogen-bond acceptors (Lipinski definition) is 4. The van der Waals surface area contributed by atoms with Crippen LogP contribution in [0.2, 0.25) is 0 Å². The van der Waals surface area contributed by atoms with Crippen molar-refractivity contribution in [3.8, 4) is 5.75 Å². The Morgan fingerprint density at radius 1 is 1.27 bits per heavy atom. The van der Waals surface area contributed by atoms with Crippen molar-refractivity contribution in [3.05, 3.63) is 53.5 Å². The quantitative estimate of drug-likeness (QED) is 0.831. The van der Waals surface area contributed by atoms with Gasteiger partial charge < -0.3 is 18.8 Å². The molecule has 1 aromatic carbocycles. The van der Waals surface area contributed by atoms with Crippen LogP contribution in [0.25, 0.3) is 0 Å². The van der Waals surface area contributed by atoms with E-state index in [1.165, 1.54) is 11.8 Å². The fourth-order valence-electron chi connectivity index (χ4n) is 2.78. The number of carbonyl (C=O) groups excluding carboxylic acids is 1. The summed E-state index contributed by atoms with van der Waals surface area (Å²) in [5, 5.41) is 0. The van der Waals surface area contributed by atoms with Gasteiger partial charge in [-0.25, -0.2) is 0 Å².